The van der Waals surface area contributed by atoms with Crippen LogP contribution in [-0.2, 0) is 22.5 Å². The first-order valence-electron chi connectivity index (χ1n) is 10.1. The molecule has 0 bridgehead atoms. The van der Waals surface area contributed by atoms with E-state index in [9.17, 15) is 28.7 Å². The molecule has 3 aromatic rings. The molecule has 0 amide bonds. The Hall–Kier alpha value is -3.47. The molecule has 3 rings (SSSR count). The molecule has 0 aliphatic heterocycles. The number of thiophene rings is 1. The average Bonchev–Trinajstić information content (AvgIpc) is 3.11. The number of carboxylic acid groups (broad SMARTS) is 1. The summed E-state index contributed by atoms with van der Waals surface area (Å²) in [7, 11) is 1.43. The molecular formula is C22H23FN2O7S. The van der Waals surface area contributed by atoms with Crippen molar-refractivity contribution in [3.8, 4) is 5.75 Å². The van der Waals surface area contributed by atoms with Crippen LogP contribution in [0.5, 0.6) is 5.75 Å². The highest BCUT2D eigenvalue weighted by Crippen LogP contribution is 2.29. The number of nitrogens with zero attached hydrogens (tertiary/aromatic N) is 2. The highest BCUT2D eigenvalue weighted by molar-refractivity contribution is 7.20. The predicted molar refractivity (Wildman–Crippen MR) is 120 cm³/mol. The molecule has 0 aliphatic rings. The molecule has 1 unspecified atom stereocenters. The first-order valence-corrected chi connectivity index (χ1v) is 10.9. The maximum absolute atomic E-state index is 13.8. The summed E-state index contributed by atoms with van der Waals surface area (Å²) in [6.45, 7) is 4.53. The largest absolute Gasteiger partial charge is 0.496 e. The third-order valence-electron chi connectivity index (χ3n) is 5.30. The Kier molecular flexibility index (Phi) is 7.01. The van der Waals surface area contributed by atoms with Gasteiger partial charge in [0.2, 0.25) is 0 Å². The van der Waals surface area contributed by atoms with Crippen LogP contribution in [0.3, 0.4) is 0 Å². The lowest BCUT2D eigenvalue weighted by Crippen LogP contribution is -2.43. The number of halogens is 1. The minimum absolute atomic E-state index is 0.00994. The molecule has 1 atom stereocenters. The number of aryl methyl sites for hydroxylation is 3. The topological polar surface area (TPSA) is 117 Å². The molecule has 0 radical (unpaired) electrons. The monoisotopic (exact) mass is 478 g/mol. The number of hydrogen-bond donors (Lipinski definition) is 1. The van der Waals surface area contributed by atoms with Crippen LogP contribution in [-0.4, -0.2) is 39.9 Å². The SMILES string of the molecule is CCOC(=O)c1sc2c(c1C)c(=O)n(C(C)C(=O)O)c(=O)n2CCc1cc(F)ccc1OC. The van der Waals surface area contributed by atoms with Gasteiger partial charge in [-0.05, 0) is 56.5 Å². The van der Waals surface area contributed by atoms with Gasteiger partial charge in [-0.25, -0.2) is 23.3 Å². The van der Waals surface area contributed by atoms with Crippen LogP contribution in [0.2, 0.25) is 0 Å². The number of methoxy groups -OCH3 is 1. The molecule has 0 saturated carbocycles. The second-order valence-electron chi connectivity index (χ2n) is 7.29. The van der Waals surface area contributed by atoms with Crippen molar-refractivity contribution in [1.29, 1.82) is 0 Å². The number of carbonyl (C=O) groups excluding carboxylic acids is 1. The smallest absolute Gasteiger partial charge is 0.348 e. The molecule has 11 heteroatoms. The zero-order valence-electron chi connectivity index (χ0n) is 18.5. The van der Waals surface area contributed by atoms with Crippen LogP contribution >= 0.6 is 11.3 Å². The Morgan fingerprint density at radius 3 is 2.58 bits per heavy atom. The minimum Gasteiger partial charge on any atom is -0.496 e. The minimum atomic E-state index is -1.44. The number of rotatable bonds is 8. The van der Waals surface area contributed by atoms with Crippen LogP contribution in [0, 0.1) is 12.7 Å². The van der Waals surface area contributed by atoms with Crippen molar-refractivity contribution in [2.45, 2.75) is 39.8 Å². The van der Waals surface area contributed by atoms with Crippen LogP contribution in [0.15, 0.2) is 27.8 Å². The Morgan fingerprint density at radius 1 is 1.27 bits per heavy atom. The standard InChI is InChI=1S/C22H23FN2O7S/c1-5-32-21(29)17-11(2)16-18(26)25(12(3)20(27)28)22(30)24(19(16)33-17)9-8-13-10-14(23)6-7-15(13)31-4/h6-7,10,12H,5,8-9H2,1-4H3,(H,27,28). The van der Waals surface area contributed by atoms with Crippen LogP contribution in [0.25, 0.3) is 10.2 Å². The van der Waals surface area contributed by atoms with E-state index in [0.717, 1.165) is 11.3 Å². The Labute approximate surface area is 191 Å². The molecule has 9 nitrogen and oxygen atoms in total. The van der Waals surface area contributed by atoms with Gasteiger partial charge in [0.25, 0.3) is 5.56 Å². The lowest BCUT2D eigenvalue weighted by molar-refractivity contribution is -0.140. The number of ether oxygens (including phenoxy) is 2. The van der Waals surface area contributed by atoms with Crippen molar-refractivity contribution in [3.63, 3.8) is 0 Å². The molecule has 176 valence electrons. The molecule has 2 heterocycles. The Balaban J connectivity index is 2.26. The van der Waals surface area contributed by atoms with E-state index in [2.05, 4.69) is 0 Å². The number of benzene rings is 1. The quantitative estimate of drug-likeness (QED) is 0.495. The van der Waals surface area contributed by atoms with E-state index in [1.54, 1.807) is 13.8 Å². The molecule has 2 aromatic heterocycles. The summed E-state index contributed by atoms with van der Waals surface area (Å²) in [5, 5.41) is 9.52. The number of carboxylic acids is 1. The van der Waals surface area contributed by atoms with Gasteiger partial charge in [0.1, 0.15) is 27.3 Å². The highest BCUT2D eigenvalue weighted by Gasteiger charge is 2.27. The second kappa shape index (κ2) is 9.57. The van der Waals surface area contributed by atoms with Gasteiger partial charge in [-0.3, -0.25) is 9.36 Å². The van der Waals surface area contributed by atoms with Gasteiger partial charge in [-0.15, -0.1) is 11.3 Å². The summed E-state index contributed by atoms with van der Waals surface area (Å²) in [4.78, 5) is 50.8. The maximum Gasteiger partial charge on any atom is 0.348 e. The van der Waals surface area contributed by atoms with Gasteiger partial charge in [0.05, 0.1) is 19.1 Å². The molecule has 1 aromatic carbocycles. The van der Waals surface area contributed by atoms with Gasteiger partial charge in [-0.1, -0.05) is 0 Å². The summed E-state index contributed by atoms with van der Waals surface area (Å²) in [5.41, 5.74) is -0.842. The fourth-order valence-electron chi connectivity index (χ4n) is 3.58. The van der Waals surface area contributed by atoms with Crippen LogP contribution < -0.4 is 16.0 Å². The Morgan fingerprint density at radius 2 is 1.97 bits per heavy atom. The van der Waals surface area contributed by atoms with Gasteiger partial charge < -0.3 is 14.6 Å². The number of esters is 1. The Bertz CT molecular complexity index is 1360. The number of hydrogen-bond acceptors (Lipinski definition) is 7. The number of carbonyl (C=O) groups is 2. The average molecular weight is 478 g/mol. The number of fused-ring (bicyclic) bond motifs is 1. The third kappa shape index (κ3) is 4.40. The summed E-state index contributed by atoms with van der Waals surface area (Å²) >= 11 is 0.926. The second-order valence-corrected chi connectivity index (χ2v) is 8.29. The molecule has 0 spiro atoms. The van der Waals surface area contributed by atoms with Crippen molar-refractivity contribution in [1.82, 2.24) is 9.13 Å². The molecule has 0 saturated heterocycles. The van der Waals surface area contributed by atoms with E-state index in [0.29, 0.717) is 21.4 Å². The van der Waals surface area contributed by atoms with E-state index in [-0.39, 0.29) is 34.7 Å². The summed E-state index contributed by atoms with van der Waals surface area (Å²) in [6, 6.07) is 2.55. The van der Waals surface area contributed by atoms with E-state index in [1.165, 1.54) is 36.8 Å². The molecule has 1 N–H and O–H groups in total. The first kappa shape index (κ1) is 24.2. The van der Waals surface area contributed by atoms with Crippen molar-refractivity contribution >= 4 is 33.5 Å². The van der Waals surface area contributed by atoms with Gasteiger partial charge in [-0.2, -0.15) is 0 Å². The van der Waals surface area contributed by atoms with E-state index < -0.39 is 35.0 Å². The van der Waals surface area contributed by atoms with E-state index >= 15 is 0 Å². The normalized spacial score (nSPS) is 12.0. The fraction of sp³-hybridized carbons (Fsp3) is 0.364. The zero-order chi connectivity index (χ0) is 24.4. The summed E-state index contributed by atoms with van der Waals surface area (Å²) in [5.74, 6) is -2.06. The highest BCUT2D eigenvalue weighted by atomic mass is 32.1. The molecule has 33 heavy (non-hydrogen) atoms. The van der Waals surface area contributed by atoms with Crippen molar-refractivity contribution in [2.24, 2.45) is 0 Å². The lowest BCUT2D eigenvalue weighted by Gasteiger charge is -2.15. The van der Waals surface area contributed by atoms with Gasteiger partial charge in [0, 0.05) is 6.54 Å². The lowest BCUT2D eigenvalue weighted by atomic mass is 10.1. The van der Waals surface area contributed by atoms with E-state index in [1.807, 2.05) is 0 Å². The maximum atomic E-state index is 13.8. The van der Waals surface area contributed by atoms with Gasteiger partial charge in [0.15, 0.2) is 0 Å². The predicted octanol–water partition coefficient (Wildman–Crippen LogP) is 2.75. The van der Waals surface area contributed by atoms with Crippen molar-refractivity contribution < 1.29 is 28.6 Å². The van der Waals surface area contributed by atoms with Crippen LogP contribution in [0.4, 0.5) is 4.39 Å². The van der Waals surface area contributed by atoms with Crippen molar-refractivity contribution in [2.75, 3.05) is 13.7 Å². The zero-order valence-corrected chi connectivity index (χ0v) is 19.3. The first-order chi connectivity index (χ1) is 15.6. The number of aliphatic carboxylic acids is 1. The molecular weight excluding hydrogens is 455 g/mol. The molecule has 0 fully saturated rings. The number of aromatic nitrogens is 2. The summed E-state index contributed by atoms with van der Waals surface area (Å²) < 4.78 is 26.0. The molecule has 0 aliphatic carbocycles. The fourth-order valence-corrected chi connectivity index (χ4v) is 4.79. The van der Waals surface area contributed by atoms with Gasteiger partial charge >= 0.3 is 17.6 Å². The van der Waals surface area contributed by atoms with Crippen molar-refractivity contribution in [3.05, 3.63) is 60.9 Å². The van der Waals surface area contributed by atoms with Crippen LogP contribution in [0.1, 0.15) is 40.7 Å². The third-order valence-corrected chi connectivity index (χ3v) is 6.59. The summed E-state index contributed by atoms with van der Waals surface area (Å²) in [6.07, 6.45) is 0.154. The van der Waals surface area contributed by atoms with E-state index in [4.69, 9.17) is 9.47 Å².